The largest absolute Gasteiger partial charge is 0.386 e. The smallest absolute Gasteiger partial charge is 0.167 e. The van der Waals surface area contributed by atoms with Crippen molar-refractivity contribution in [2.24, 2.45) is 7.05 Å². The van der Waals surface area contributed by atoms with Crippen LogP contribution in [0.3, 0.4) is 0 Å². The zero-order valence-corrected chi connectivity index (χ0v) is 13.2. The molecule has 0 fully saturated rings. The molecule has 0 aliphatic rings. The number of ether oxygens (including phenoxy) is 1. The van der Waals surface area contributed by atoms with Gasteiger partial charge in [-0.15, -0.1) is 0 Å². The zero-order chi connectivity index (χ0) is 17.0. The number of aliphatic hydroxyl groups is 2. The van der Waals surface area contributed by atoms with Crippen molar-refractivity contribution in [2.75, 3.05) is 20.8 Å². The van der Waals surface area contributed by atoms with Crippen molar-refractivity contribution in [2.45, 2.75) is 24.9 Å². The number of nitrogens with one attached hydrogen (secondary N) is 1. The van der Waals surface area contributed by atoms with Crippen molar-refractivity contribution < 1.29 is 24.7 Å². The fourth-order valence-corrected chi connectivity index (χ4v) is 2.24. The molecule has 10 heteroatoms. The second-order valence-electron chi connectivity index (χ2n) is 4.98. The predicted octanol–water partition coefficient (Wildman–Crippen LogP) is -0.916. The number of hydrogen-bond acceptors (Lipinski definition) is 8. The quantitative estimate of drug-likeness (QED) is 0.325. The van der Waals surface area contributed by atoms with Crippen LogP contribution in [0.15, 0.2) is 12.7 Å². The van der Waals surface area contributed by atoms with Crippen LogP contribution >= 0.6 is 0 Å². The summed E-state index contributed by atoms with van der Waals surface area (Å²) in [4.78, 5) is 17.5. The first-order valence-electron chi connectivity index (χ1n) is 6.98. The van der Waals surface area contributed by atoms with E-state index in [1.807, 2.05) is 0 Å². The van der Waals surface area contributed by atoms with E-state index in [0.29, 0.717) is 17.6 Å². The van der Waals surface area contributed by atoms with E-state index in [2.05, 4.69) is 14.9 Å². The third kappa shape index (κ3) is 3.57. The Morgan fingerprint density at radius 2 is 2.00 bits per heavy atom. The molecule has 0 aliphatic heterocycles. The number of rotatable bonds is 8. The molecule has 3 unspecified atom stereocenters. The Labute approximate surface area is 132 Å². The molecule has 2 aromatic heterocycles. The number of methoxy groups -OCH3 is 1. The third-order valence-electron chi connectivity index (χ3n) is 3.58. The molecule has 0 amide bonds. The molecular formula is C13H21N5O5. The SMILES string of the molecule is COOCCC(OC)C(O)C(O)n1cnc2c(=N)n(C)cnc21. The van der Waals surface area contributed by atoms with Crippen LogP contribution in [0.5, 0.6) is 0 Å². The summed E-state index contributed by atoms with van der Waals surface area (Å²) in [6.07, 6.45) is -0.131. The highest BCUT2D eigenvalue weighted by Crippen LogP contribution is 2.19. The van der Waals surface area contributed by atoms with Crippen LogP contribution in [-0.2, 0) is 21.6 Å². The second-order valence-corrected chi connectivity index (χ2v) is 4.98. The molecule has 2 heterocycles. The lowest BCUT2D eigenvalue weighted by atomic mass is 10.1. The molecule has 128 valence electrons. The molecule has 10 nitrogen and oxygen atoms in total. The van der Waals surface area contributed by atoms with Crippen molar-refractivity contribution in [1.29, 1.82) is 5.41 Å². The van der Waals surface area contributed by atoms with Crippen molar-refractivity contribution in [3.8, 4) is 0 Å². The van der Waals surface area contributed by atoms with Gasteiger partial charge in [-0.3, -0.25) is 9.98 Å². The van der Waals surface area contributed by atoms with Crippen molar-refractivity contribution in [3.63, 3.8) is 0 Å². The lowest BCUT2D eigenvalue weighted by Crippen LogP contribution is -2.37. The molecule has 0 radical (unpaired) electrons. The fourth-order valence-electron chi connectivity index (χ4n) is 2.24. The first kappa shape index (κ1) is 17.5. The van der Waals surface area contributed by atoms with Gasteiger partial charge in [-0.05, 0) is 0 Å². The highest BCUT2D eigenvalue weighted by atomic mass is 17.2. The van der Waals surface area contributed by atoms with Gasteiger partial charge in [-0.25, -0.2) is 19.7 Å². The number of aromatic nitrogens is 4. The van der Waals surface area contributed by atoms with Crippen LogP contribution < -0.4 is 5.49 Å². The topological polar surface area (TPSA) is 128 Å². The lowest BCUT2D eigenvalue weighted by molar-refractivity contribution is -0.277. The number of aliphatic hydroxyl groups excluding tert-OH is 2. The normalized spacial score (nSPS) is 15.7. The van der Waals surface area contributed by atoms with Gasteiger partial charge >= 0.3 is 0 Å². The van der Waals surface area contributed by atoms with Crippen molar-refractivity contribution in [3.05, 3.63) is 18.1 Å². The summed E-state index contributed by atoms with van der Waals surface area (Å²) < 4.78 is 8.00. The minimum atomic E-state index is -1.33. The zero-order valence-electron chi connectivity index (χ0n) is 13.2. The van der Waals surface area contributed by atoms with Gasteiger partial charge in [0.05, 0.1) is 32.5 Å². The minimum Gasteiger partial charge on any atom is -0.386 e. The standard InChI is InChI=1S/C13H21N5O5/c1-17-6-16-12-9(11(17)14)15-7-18(12)13(20)10(19)8(21-2)4-5-23-22-3/h6-8,10,13-14,19-20H,4-5H2,1-3H3. The van der Waals surface area contributed by atoms with Gasteiger partial charge in [0.15, 0.2) is 17.4 Å². The Hall–Kier alpha value is -1.85. The van der Waals surface area contributed by atoms with Crippen molar-refractivity contribution >= 4 is 11.2 Å². The van der Waals surface area contributed by atoms with E-state index in [0.717, 1.165) is 0 Å². The van der Waals surface area contributed by atoms with Crippen LogP contribution in [0.4, 0.5) is 0 Å². The van der Waals surface area contributed by atoms with Gasteiger partial charge in [0.1, 0.15) is 11.6 Å². The molecule has 3 N–H and O–H groups in total. The van der Waals surface area contributed by atoms with E-state index in [1.54, 1.807) is 7.05 Å². The second kappa shape index (κ2) is 7.62. The molecule has 0 saturated carbocycles. The van der Waals surface area contributed by atoms with Gasteiger partial charge in [0.25, 0.3) is 0 Å². The molecular weight excluding hydrogens is 306 g/mol. The number of imidazole rings is 1. The van der Waals surface area contributed by atoms with Gasteiger partial charge in [0, 0.05) is 20.6 Å². The molecule has 0 aliphatic carbocycles. The monoisotopic (exact) mass is 327 g/mol. The van der Waals surface area contributed by atoms with Gasteiger partial charge < -0.3 is 19.5 Å². The summed E-state index contributed by atoms with van der Waals surface area (Å²) >= 11 is 0. The highest BCUT2D eigenvalue weighted by molar-refractivity contribution is 5.68. The molecule has 0 bridgehead atoms. The maximum absolute atomic E-state index is 10.4. The first-order chi connectivity index (χ1) is 11.0. The fraction of sp³-hybridized carbons (Fsp3) is 0.615. The Morgan fingerprint density at radius 1 is 1.26 bits per heavy atom. The lowest BCUT2D eigenvalue weighted by Gasteiger charge is -2.26. The summed E-state index contributed by atoms with van der Waals surface area (Å²) in [5.74, 6) is 0. The number of nitrogens with zero attached hydrogens (tertiary/aromatic N) is 4. The van der Waals surface area contributed by atoms with E-state index in [9.17, 15) is 10.2 Å². The average Bonchev–Trinajstić information content (AvgIpc) is 2.98. The molecule has 0 saturated heterocycles. The van der Waals surface area contributed by atoms with Crippen LogP contribution in [0.25, 0.3) is 11.2 Å². The molecule has 2 aromatic rings. The van der Waals surface area contributed by atoms with E-state index >= 15 is 0 Å². The number of hydrogen-bond donors (Lipinski definition) is 3. The van der Waals surface area contributed by atoms with E-state index in [1.165, 1.54) is 36.0 Å². The van der Waals surface area contributed by atoms with Gasteiger partial charge in [0.2, 0.25) is 0 Å². The van der Waals surface area contributed by atoms with E-state index in [-0.39, 0.29) is 12.1 Å². The number of fused-ring (bicyclic) bond motifs is 1. The van der Waals surface area contributed by atoms with E-state index in [4.69, 9.17) is 15.0 Å². The molecule has 0 spiro atoms. The Morgan fingerprint density at radius 3 is 2.65 bits per heavy atom. The summed E-state index contributed by atoms with van der Waals surface area (Å²) in [6.45, 7) is 0.203. The molecule has 2 rings (SSSR count). The Balaban J connectivity index is 2.23. The highest BCUT2D eigenvalue weighted by Gasteiger charge is 2.29. The van der Waals surface area contributed by atoms with Gasteiger partial charge in [-0.2, -0.15) is 0 Å². The number of aryl methyl sites for hydroxylation is 1. The maximum Gasteiger partial charge on any atom is 0.167 e. The van der Waals surface area contributed by atoms with Crippen LogP contribution in [0, 0.1) is 5.41 Å². The molecule has 3 atom stereocenters. The van der Waals surface area contributed by atoms with Gasteiger partial charge in [-0.1, -0.05) is 0 Å². The van der Waals surface area contributed by atoms with Crippen molar-refractivity contribution in [1.82, 2.24) is 19.1 Å². The Kier molecular flexibility index (Phi) is 5.80. The molecule has 0 aromatic carbocycles. The summed E-state index contributed by atoms with van der Waals surface area (Å²) in [6, 6.07) is 0. The summed E-state index contributed by atoms with van der Waals surface area (Å²) in [5, 5.41) is 28.7. The first-order valence-corrected chi connectivity index (χ1v) is 6.98. The molecule has 23 heavy (non-hydrogen) atoms. The van der Waals surface area contributed by atoms with Crippen LogP contribution in [-0.4, -0.2) is 62.3 Å². The third-order valence-corrected chi connectivity index (χ3v) is 3.58. The van der Waals surface area contributed by atoms with E-state index < -0.39 is 18.4 Å². The maximum atomic E-state index is 10.4. The predicted molar refractivity (Wildman–Crippen MR) is 78.0 cm³/mol. The van der Waals surface area contributed by atoms with Crippen LogP contribution in [0.2, 0.25) is 0 Å². The summed E-state index contributed by atoms with van der Waals surface area (Å²) in [7, 11) is 4.49. The summed E-state index contributed by atoms with van der Waals surface area (Å²) in [5.41, 5.74) is 0.799. The van der Waals surface area contributed by atoms with Crippen LogP contribution in [0.1, 0.15) is 12.6 Å². The average molecular weight is 327 g/mol. The Bertz CT molecular complexity index is 700. The minimum absolute atomic E-state index is 0.159.